The summed E-state index contributed by atoms with van der Waals surface area (Å²) in [5.74, 6) is 0.525. The van der Waals surface area contributed by atoms with Crippen molar-refractivity contribution in [3.8, 4) is 5.69 Å². The second-order valence-corrected chi connectivity index (χ2v) is 8.17. The number of rotatable bonds is 16. The number of hydrogen-bond acceptors (Lipinski definition) is 1. The van der Waals surface area contributed by atoms with Gasteiger partial charge in [-0.1, -0.05) is 82.4 Å². The summed E-state index contributed by atoms with van der Waals surface area (Å²) in [7, 11) is 0. The van der Waals surface area contributed by atoms with E-state index in [9.17, 15) is 4.79 Å². The molecule has 0 amide bonds. The topological polar surface area (TPSA) is 57.0 Å². The van der Waals surface area contributed by atoms with Crippen molar-refractivity contribution in [2.75, 3.05) is 0 Å². The van der Waals surface area contributed by atoms with Crippen LogP contribution in [0.25, 0.3) is 5.69 Å². The van der Waals surface area contributed by atoms with Crippen LogP contribution in [0.1, 0.15) is 95.0 Å². The first-order valence-corrected chi connectivity index (χ1v) is 11.5. The molecular formula is C25H39N2O2+. The average molecular weight is 400 g/mol. The van der Waals surface area contributed by atoms with Crippen LogP contribution in [-0.2, 0) is 11.2 Å². The lowest BCUT2D eigenvalue weighted by Gasteiger charge is -2.04. The summed E-state index contributed by atoms with van der Waals surface area (Å²) in [6.07, 6.45) is 18.5. The van der Waals surface area contributed by atoms with Gasteiger partial charge in [-0.2, -0.15) is 4.57 Å². The van der Waals surface area contributed by atoms with Crippen LogP contribution in [-0.4, -0.2) is 16.1 Å². The third kappa shape index (κ3) is 9.29. The SMILES string of the molecule is Cc1[nH]cc(CCCCCCCCCCCCCCC(=O)O)[n+]1-c1ccccc1. The molecule has 1 heterocycles. The lowest BCUT2D eigenvalue weighted by molar-refractivity contribution is -0.609. The molecule has 0 aliphatic rings. The molecule has 0 saturated heterocycles. The molecule has 0 atom stereocenters. The molecule has 29 heavy (non-hydrogen) atoms. The fourth-order valence-electron chi connectivity index (χ4n) is 4.00. The van der Waals surface area contributed by atoms with E-state index in [1.807, 2.05) is 0 Å². The summed E-state index contributed by atoms with van der Waals surface area (Å²) in [6.45, 7) is 2.13. The molecule has 0 saturated carbocycles. The Morgan fingerprint density at radius 3 is 1.90 bits per heavy atom. The van der Waals surface area contributed by atoms with Gasteiger partial charge < -0.3 is 5.11 Å². The summed E-state index contributed by atoms with van der Waals surface area (Å²) in [5, 5.41) is 8.61. The Labute approximate surface area is 176 Å². The van der Waals surface area contributed by atoms with Gasteiger partial charge in [0, 0.05) is 19.8 Å². The standard InChI is InChI=1S/C25H38N2O2/c1-22-26-21-24(27(22)23-17-14-12-15-18-23)19-13-10-8-6-4-2-3-5-7-9-11-16-20-25(28)29/h12,14-15,17-18,21H,2-11,13,16,19-20H2,1H3,(H,28,29)/p+1. The highest BCUT2D eigenvalue weighted by atomic mass is 16.4. The number of aryl methyl sites for hydroxylation is 2. The number of imidazole rings is 1. The Kier molecular flexibility index (Phi) is 11.2. The van der Waals surface area contributed by atoms with Crippen molar-refractivity contribution in [3.05, 3.63) is 48.0 Å². The van der Waals surface area contributed by atoms with E-state index in [1.165, 1.54) is 81.4 Å². The van der Waals surface area contributed by atoms with Gasteiger partial charge in [0.25, 0.3) is 5.82 Å². The maximum atomic E-state index is 10.4. The van der Waals surface area contributed by atoms with Crippen LogP contribution in [0.3, 0.4) is 0 Å². The number of nitrogens with zero attached hydrogens (tertiary/aromatic N) is 1. The number of benzene rings is 1. The molecule has 2 aromatic rings. The molecular weight excluding hydrogens is 360 g/mol. The molecule has 0 spiro atoms. The monoisotopic (exact) mass is 399 g/mol. The number of carboxylic acids is 1. The third-order valence-electron chi connectivity index (χ3n) is 5.66. The first kappa shape index (κ1) is 23.2. The van der Waals surface area contributed by atoms with Crippen molar-refractivity contribution in [2.45, 2.75) is 96.8 Å². The molecule has 0 unspecified atom stereocenters. The Balaban J connectivity index is 1.47. The minimum Gasteiger partial charge on any atom is -0.481 e. The van der Waals surface area contributed by atoms with E-state index in [4.69, 9.17) is 5.11 Å². The first-order valence-electron chi connectivity index (χ1n) is 11.5. The zero-order valence-corrected chi connectivity index (χ0v) is 18.2. The Hall–Kier alpha value is -2.10. The summed E-state index contributed by atoms with van der Waals surface area (Å²) < 4.78 is 2.33. The quantitative estimate of drug-likeness (QED) is 0.257. The number of carboxylic acid groups (broad SMARTS) is 1. The van der Waals surface area contributed by atoms with Crippen molar-refractivity contribution in [1.82, 2.24) is 4.98 Å². The average Bonchev–Trinajstić information content (AvgIpc) is 3.09. The molecule has 4 nitrogen and oxygen atoms in total. The second kappa shape index (κ2) is 14.0. The van der Waals surface area contributed by atoms with E-state index < -0.39 is 5.97 Å². The number of aromatic nitrogens is 2. The van der Waals surface area contributed by atoms with Gasteiger partial charge >= 0.3 is 5.97 Å². The van der Waals surface area contributed by atoms with E-state index in [-0.39, 0.29) is 0 Å². The number of unbranched alkanes of at least 4 members (excludes halogenated alkanes) is 11. The van der Waals surface area contributed by atoms with E-state index in [2.05, 4.69) is 53.0 Å². The fourth-order valence-corrected chi connectivity index (χ4v) is 4.00. The first-order chi connectivity index (χ1) is 14.2. The highest BCUT2D eigenvalue weighted by molar-refractivity contribution is 5.66. The molecule has 4 heteroatoms. The van der Waals surface area contributed by atoms with Crippen molar-refractivity contribution < 1.29 is 14.5 Å². The van der Waals surface area contributed by atoms with E-state index >= 15 is 0 Å². The van der Waals surface area contributed by atoms with E-state index in [0.29, 0.717) is 6.42 Å². The molecule has 1 aromatic heterocycles. The van der Waals surface area contributed by atoms with Crippen molar-refractivity contribution in [2.24, 2.45) is 0 Å². The van der Waals surface area contributed by atoms with Crippen molar-refractivity contribution >= 4 is 5.97 Å². The fraction of sp³-hybridized carbons (Fsp3) is 0.600. The number of hydrogen-bond donors (Lipinski definition) is 2. The van der Waals surface area contributed by atoms with Gasteiger partial charge in [0.15, 0.2) is 0 Å². The van der Waals surface area contributed by atoms with Crippen molar-refractivity contribution in [3.63, 3.8) is 0 Å². The minimum atomic E-state index is -0.663. The molecule has 2 rings (SSSR count). The zero-order valence-electron chi connectivity index (χ0n) is 18.2. The Morgan fingerprint density at radius 1 is 0.828 bits per heavy atom. The van der Waals surface area contributed by atoms with Crippen LogP contribution in [0.2, 0.25) is 0 Å². The van der Waals surface area contributed by atoms with Gasteiger partial charge in [-0.25, -0.2) is 4.98 Å². The number of aliphatic carboxylic acids is 1. The summed E-state index contributed by atoms with van der Waals surface area (Å²) in [5.41, 5.74) is 2.61. The van der Waals surface area contributed by atoms with Crippen LogP contribution in [0, 0.1) is 6.92 Å². The smallest absolute Gasteiger partial charge is 0.303 e. The summed E-state index contributed by atoms with van der Waals surface area (Å²) in [6, 6.07) is 10.6. The molecule has 0 aliphatic heterocycles. The van der Waals surface area contributed by atoms with Gasteiger partial charge in [-0.05, 0) is 25.0 Å². The van der Waals surface area contributed by atoms with Gasteiger partial charge in [-0.15, -0.1) is 0 Å². The second-order valence-electron chi connectivity index (χ2n) is 8.17. The third-order valence-corrected chi connectivity index (χ3v) is 5.66. The predicted octanol–water partition coefficient (Wildman–Crippen LogP) is 6.30. The van der Waals surface area contributed by atoms with Crippen molar-refractivity contribution in [1.29, 1.82) is 0 Å². The molecule has 2 N–H and O–H groups in total. The molecule has 0 aliphatic carbocycles. The molecule has 0 fully saturated rings. The normalized spacial score (nSPS) is 11.1. The molecule has 0 bridgehead atoms. The minimum absolute atomic E-state index is 0.329. The van der Waals surface area contributed by atoms with Gasteiger partial charge in [0.1, 0.15) is 17.6 Å². The van der Waals surface area contributed by atoms with E-state index in [0.717, 1.165) is 19.3 Å². The number of nitrogens with one attached hydrogen (secondary N) is 1. The summed E-state index contributed by atoms with van der Waals surface area (Å²) in [4.78, 5) is 13.8. The number of H-pyrrole nitrogens is 1. The summed E-state index contributed by atoms with van der Waals surface area (Å²) >= 11 is 0. The maximum Gasteiger partial charge on any atom is 0.303 e. The van der Waals surface area contributed by atoms with Gasteiger partial charge in [-0.3, -0.25) is 4.79 Å². The van der Waals surface area contributed by atoms with Crippen LogP contribution in [0.5, 0.6) is 0 Å². The van der Waals surface area contributed by atoms with Crippen LogP contribution in [0.15, 0.2) is 36.5 Å². The van der Waals surface area contributed by atoms with Crippen LogP contribution in [0.4, 0.5) is 0 Å². The predicted molar refractivity (Wildman–Crippen MR) is 118 cm³/mol. The molecule has 1 aromatic carbocycles. The number of para-hydroxylation sites is 1. The highest BCUT2D eigenvalue weighted by Gasteiger charge is 2.15. The Morgan fingerprint density at radius 2 is 1.34 bits per heavy atom. The molecule has 160 valence electrons. The van der Waals surface area contributed by atoms with E-state index in [1.54, 1.807) is 0 Å². The lowest BCUT2D eigenvalue weighted by atomic mass is 10.0. The van der Waals surface area contributed by atoms with Crippen LogP contribution < -0.4 is 4.57 Å². The highest BCUT2D eigenvalue weighted by Crippen LogP contribution is 2.14. The largest absolute Gasteiger partial charge is 0.481 e. The van der Waals surface area contributed by atoms with Crippen LogP contribution >= 0.6 is 0 Å². The lowest BCUT2D eigenvalue weighted by Crippen LogP contribution is -2.36. The number of aromatic amines is 1. The van der Waals surface area contributed by atoms with Gasteiger partial charge in [0.2, 0.25) is 0 Å². The molecule has 0 radical (unpaired) electrons. The zero-order chi connectivity index (χ0) is 20.7. The van der Waals surface area contributed by atoms with Gasteiger partial charge in [0.05, 0.1) is 0 Å². The Bertz CT molecular complexity index is 694. The number of carbonyl (C=O) groups is 1. The maximum absolute atomic E-state index is 10.4.